The first kappa shape index (κ1) is 26.1. The smallest absolute Gasteiger partial charge is 0.417 e. The van der Waals surface area contributed by atoms with Gasteiger partial charge < -0.3 is 18.8 Å². The number of ketones is 1. The zero-order valence-electron chi connectivity index (χ0n) is 20.3. The molecule has 0 N–H and O–H groups in total. The third-order valence-electron chi connectivity index (χ3n) is 5.76. The van der Waals surface area contributed by atoms with Crippen LogP contribution in [0.2, 0.25) is 5.02 Å². The Morgan fingerprint density at radius 2 is 1.86 bits per heavy atom. The molecule has 1 saturated heterocycles. The minimum Gasteiger partial charge on any atom is -0.479 e. The molecule has 4 rings (SSSR count). The van der Waals surface area contributed by atoms with Crippen LogP contribution in [0.25, 0.3) is 11.4 Å². The Hall–Kier alpha value is -2.95. The van der Waals surface area contributed by atoms with Gasteiger partial charge in [-0.1, -0.05) is 29.8 Å². The van der Waals surface area contributed by atoms with Gasteiger partial charge in [-0.25, -0.2) is 0 Å². The summed E-state index contributed by atoms with van der Waals surface area (Å²) in [5.41, 5.74) is -1.93. The van der Waals surface area contributed by atoms with Crippen LogP contribution in [-0.2, 0) is 28.3 Å². The van der Waals surface area contributed by atoms with E-state index >= 15 is 0 Å². The number of benzene rings is 2. The monoisotopic (exact) mass is 523 g/mol. The van der Waals surface area contributed by atoms with Crippen molar-refractivity contribution in [3.8, 4) is 17.1 Å². The van der Waals surface area contributed by atoms with Crippen molar-refractivity contribution in [2.75, 3.05) is 6.61 Å². The van der Waals surface area contributed by atoms with Crippen LogP contribution in [0, 0.1) is 0 Å². The Morgan fingerprint density at radius 1 is 1.17 bits per heavy atom. The van der Waals surface area contributed by atoms with Gasteiger partial charge in [0.15, 0.2) is 28.8 Å². The minimum atomic E-state index is -4.56. The number of rotatable bonds is 6. The van der Waals surface area contributed by atoms with E-state index < -0.39 is 29.2 Å². The number of alkyl halides is 3. The molecule has 1 unspecified atom stereocenters. The Labute approximate surface area is 211 Å². The van der Waals surface area contributed by atoms with Gasteiger partial charge in [-0.3, -0.25) is 4.79 Å². The SMILES string of the molecule is Cn1c(-c2ccccc2C(F)(F)F)nnc1C(C)(C)Oc1ccc(Cl)cc1C(=O)C1COC(C)(C)O1. The highest BCUT2D eigenvalue weighted by molar-refractivity contribution is 6.31. The van der Waals surface area contributed by atoms with Gasteiger partial charge in [0, 0.05) is 17.6 Å². The molecule has 1 aliphatic rings. The zero-order chi connectivity index (χ0) is 26.5. The number of Topliss-reactive ketones (excluding diaryl/α,β-unsaturated/α-hetero) is 1. The summed E-state index contributed by atoms with van der Waals surface area (Å²) in [6.07, 6.45) is -5.40. The maximum atomic E-state index is 13.6. The Balaban J connectivity index is 1.68. The van der Waals surface area contributed by atoms with E-state index in [0.29, 0.717) is 5.02 Å². The first-order chi connectivity index (χ1) is 16.7. The van der Waals surface area contributed by atoms with Crippen molar-refractivity contribution < 1.29 is 32.2 Å². The molecule has 1 aliphatic heterocycles. The molecule has 7 nitrogen and oxygen atoms in total. The van der Waals surface area contributed by atoms with Crippen LogP contribution in [-0.4, -0.2) is 39.0 Å². The van der Waals surface area contributed by atoms with Crippen molar-refractivity contribution in [3.05, 3.63) is 64.4 Å². The third-order valence-corrected chi connectivity index (χ3v) is 5.99. The number of hydrogen-bond acceptors (Lipinski definition) is 6. The summed E-state index contributed by atoms with van der Waals surface area (Å²) in [5, 5.41) is 8.49. The number of hydrogen-bond donors (Lipinski definition) is 0. The lowest BCUT2D eigenvalue weighted by molar-refractivity contribution is -0.137. The summed E-state index contributed by atoms with van der Waals surface area (Å²) < 4.78 is 59.6. The van der Waals surface area contributed by atoms with Gasteiger partial charge in [-0.2, -0.15) is 13.2 Å². The second-order valence-electron chi connectivity index (χ2n) is 9.38. The predicted molar refractivity (Wildman–Crippen MR) is 126 cm³/mol. The lowest BCUT2D eigenvalue weighted by Crippen LogP contribution is -2.31. The molecular formula is C25H25ClF3N3O4. The largest absolute Gasteiger partial charge is 0.479 e. The van der Waals surface area contributed by atoms with E-state index in [0.717, 1.165) is 6.07 Å². The van der Waals surface area contributed by atoms with E-state index in [2.05, 4.69) is 10.2 Å². The second-order valence-corrected chi connectivity index (χ2v) is 9.82. The lowest BCUT2D eigenvalue weighted by atomic mass is 10.0. The molecule has 2 aromatic carbocycles. The van der Waals surface area contributed by atoms with Crippen LogP contribution in [0.4, 0.5) is 13.2 Å². The highest BCUT2D eigenvalue weighted by Crippen LogP contribution is 2.38. The molecule has 36 heavy (non-hydrogen) atoms. The Kier molecular flexibility index (Phi) is 6.65. The fourth-order valence-corrected chi connectivity index (χ4v) is 4.28. The number of aromatic nitrogens is 3. The number of nitrogens with zero attached hydrogens (tertiary/aromatic N) is 3. The van der Waals surface area contributed by atoms with Crippen molar-refractivity contribution in [2.45, 2.75) is 51.4 Å². The normalized spacial score (nSPS) is 17.9. The minimum absolute atomic E-state index is 0.0285. The molecule has 3 aromatic rings. The Bertz CT molecular complexity index is 1300. The average Bonchev–Trinajstić information content (AvgIpc) is 3.36. The van der Waals surface area contributed by atoms with E-state index in [-0.39, 0.29) is 40.9 Å². The highest BCUT2D eigenvalue weighted by Gasteiger charge is 2.40. The van der Waals surface area contributed by atoms with Gasteiger partial charge >= 0.3 is 6.18 Å². The van der Waals surface area contributed by atoms with E-state index in [1.165, 1.54) is 28.8 Å². The molecule has 0 bridgehead atoms. The number of halogens is 4. The molecular weight excluding hydrogens is 499 g/mol. The molecule has 192 valence electrons. The number of carbonyl (C=O) groups is 1. The fraction of sp³-hybridized carbons (Fsp3) is 0.400. The molecule has 2 heterocycles. The van der Waals surface area contributed by atoms with E-state index in [1.807, 2.05) is 0 Å². The average molecular weight is 524 g/mol. The van der Waals surface area contributed by atoms with Gasteiger partial charge in [0.25, 0.3) is 0 Å². The van der Waals surface area contributed by atoms with Crippen LogP contribution < -0.4 is 4.74 Å². The molecule has 1 aromatic heterocycles. The number of ether oxygens (including phenoxy) is 3. The van der Waals surface area contributed by atoms with Crippen LogP contribution in [0.3, 0.4) is 0 Å². The summed E-state index contributed by atoms with van der Waals surface area (Å²) >= 11 is 6.16. The predicted octanol–water partition coefficient (Wildman–Crippen LogP) is 5.80. The molecule has 1 atom stereocenters. The summed E-state index contributed by atoms with van der Waals surface area (Å²) in [6, 6.07) is 9.75. The van der Waals surface area contributed by atoms with Crippen LogP contribution in [0.15, 0.2) is 42.5 Å². The fourth-order valence-electron chi connectivity index (χ4n) is 4.11. The molecule has 11 heteroatoms. The molecule has 1 fully saturated rings. The van der Waals surface area contributed by atoms with Gasteiger partial charge in [-0.15, -0.1) is 10.2 Å². The van der Waals surface area contributed by atoms with E-state index in [9.17, 15) is 18.0 Å². The van der Waals surface area contributed by atoms with E-state index in [4.69, 9.17) is 25.8 Å². The molecule has 0 aliphatic carbocycles. The van der Waals surface area contributed by atoms with Gasteiger partial charge in [0.1, 0.15) is 11.9 Å². The second kappa shape index (κ2) is 9.17. The summed E-state index contributed by atoms with van der Waals surface area (Å²) in [7, 11) is 1.56. The van der Waals surface area contributed by atoms with E-state index in [1.54, 1.807) is 46.9 Å². The molecule has 0 amide bonds. The highest BCUT2D eigenvalue weighted by atomic mass is 35.5. The quantitative estimate of drug-likeness (QED) is 0.380. The van der Waals surface area contributed by atoms with Gasteiger partial charge in [-0.05, 0) is 52.0 Å². The van der Waals surface area contributed by atoms with Crippen LogP contribution in [0.5, 0.6) is 5.75 Å². The number of carbonyl (C=O) groups excluding carboxylic acids is 1. The standard InChI is InChI=1S/C25H25ClF3N3O4/c1-23(2,22-31-30-21(32(22)5)15-8-6-7-9-17(15)25(27,28)29)35-18-11-10-14(26)12-16(18)20(33)19-13-34-24(3,4)36-19/h6-12,19H,13H2,1-5H3. The van der Waals surface area contributed by atoms with Crippen LogP contribution in [0.1, 0.15) is 49.4 Å². The molecule has 0 saturated carbocycles. The van der Waals surface area contributed by atoms with Crippen molar-refractivity contribution in [3.63, 3.8) is 0 Å². The van der Waals surface area contributed by atoms with Crippen molar-refractivity contribution in [2.24, 2.45) is 7.05 Å². The van der Waals surface area contributed by atoms with Gasteiger partial charge in [0.2, 0.25) is 0 Å². The lowest BCUT2D eigenvalue weighted by Gasteiger charge is -2.27. The third kappa shape index (κ3) is 5.11. The van der Waals surface area contributed by atoms with Crippen LogP contribution >= 0.6 is 11.6 Å². The molecule has 0 radical (unpaired) electrons. The van der Waals surface area contributed by atoms with Gasteiger partial charge in [0.05, 0.1) is 17.7 Å². The first-order valence-corrected chi connectivity index (χ1v) is 11.5. The Morgan fingerprint density at radius 3 is 2.50 bits per heavy atom. The maximum absolute atomic E-state index is 13.6. The first-order valence-electron chi connectivity index (χ1n) is 11.1. The maximum Gasteiger partial charge on any atom is 0.417 e. The molecule has 0 spiro atoms. The van der Waals surface area contributed by atoms with Crippen molar-refractivity contribution in [1.29, 1.82) is 0 Å². The summed E-state index contributed by atoms with van der Waals surface area (Å²) in [4.78, 5) is 13.2. The summed E-state index contributed by atoms with van der Waals surface area (Å²) in [6.45, 7) is 6.85. The topological polar surface area (TPSA) is 75.5 Å². The van der Waals surface area contributed by atoms with Crippen molar-refractivity contribution in [1.82, 2.24) is 14.8 Å². The van der Waals surface area contributed by atoms with Crippen molar-refractivity contribution >= 4 is 17.4 Å². The summed E-state index contributed by atoms with van der Waals surface area (Å²) in [5.74, 6) is -0.777. The zero-order valence-corrected chi connectivity index (χ0v) is 21.1.